The Morgan fingerprint density at radius 3 is 1.60 bits per heavy atom. The quantitative estimate of drug-likeness (QED) is 0.0883. The van der Waals surface area contributed by atoms with Crippen LogP contribution in [-0.2, 0) is 0 Å². The van der Waals surface area contributed by atoms with E-state index in [1.807, 2.05) is 19.6 Å². The molecule has 0 aliphatic heterocycles. The summed E-state index contributed by atoms with van der Waals surface area (Å²) in [5, 5.41) is 7.67. The van der Waals surface area contributed by atoms with Crippen LogP contribution in [-0.4, -0.2) is 58.9 Å². The zero-order valence-electron chi connectivity index (χ0n) is 25.0. The van der Waals surface area contributed by atoms with Crippen molar-refractivity contribution in [1.29, 1.82) is 0 Å². The standard InChI is InChI=1S/C14H14F3N3OSi.C9H5F3IN3O.C5H10Si/c1-22(2,3)7-6-10-9-20(19-13(10)21-14(16)17)12-5-4-11(15)8-18-12;10-5-1-2-7(14-3-5)16-4-6(13)8(15-16)17-9(11)12;1-5-6(2,3)4/h4-5,8-9,14H,1-3H3;1-4,9H;1H,2-4H3. The smallest absolute Gasteiger partial charge is 0.388 e. The van der Waals surface area contributed by atoms with Crippen molar-refractivity contribution < 1.29 is 35.8 Å². The normalized spacial score (nSPS) is 11.0. The Morgan fingerprint density at radius 1 is 0.756 bits per heavy atom. The maximum absolute atomic E-state index is 12.9. The molecular formula is C28H29F6IN6O2Si2. The number of halogens is 7. The zero-order chi connectivity index (χ0) is 33.9. The van der Waals surface area contributed by atoms with Gasteiger partial charge in [0.05, 0.1) is 22.2 Å². The van der Waals surface area contributed by atoms with Crippen LogP contribution in [0.15, 0.2) is 49.1 Å². The summed E-state index contributed by atoms with van der Waals surface area (Å²) in [4.78, 5) is 7.60. The first-order chi connectivity index (χ1) is 20.9. The molecule has 240 valence electrons. The summed E-state index contributed by atoms with van der Waals surface area (Å²) in [6, 6.07) is 5.16. The Bertz CT molecular complexity index is 1640. The van der Waals surface area contributed by atoms with Gasteiger partial charge in [0.1, 0.15) is 33.3 Å². The molecule has 0 aliphatic rings. The molecule has 0 spiro atoms. The largest absolute Gasteiger partial charge is 0.414 e. The van der Waals surface area contributed by atoms with Crippen molar-refractivity contribution >= 4 is 38.7 Å². The van der Waals surface area contributed by atoms with Gasteiger partial charge in [-0.25, -0.2) is 28.1 Å². The van der Waals surface area contributed by atoms with Gasteiger partial charge in [-0.15, -0.1) is 27.7 Å². The van der Waals surface area contributed by atoms with E-state index in [-0.39, 0.29) is 23.1 Å². The molecule has 0 aliphatic carbocycles. The van der Waals surface area contributed by atoms with E-state index in [9.17, 15) is 26.3 Å². The molecule has 0 fully saturated rings. The second kappa shape index (κ2) is 16.5. The number of terminal acetylenes is 1. The average Bonchev–Trinajstić information content (AvgIpc) is 3.50. The lowest BCUT2D eigenvalue weighted by Gasteiger charge is -2.03. The summed E-state index contributed by atoms with van der Waals surface area (Å²) in [5.74, 6) is 1.97. The molecule has 45 heavy (non-hydrogen) atoms. The number of ether oxygens (including phenoxy) is 2. The second-order valence-corrected chi connectivity index (χ2v) is 21.5. The van der Waals surface area contributed by atoms with E-state index in [1.165, 1.54) is 46.0 Å². The number of hydrogen-bond donors (Lipinski definition) is 0. The van der Waals surface area contributed by atoms with Crippen LogP contribution in [0.5, 0.6) is 11.8 Å². The van der Waals surface area contributed by atoms with Gasteiger partial charge < -0.3 is 9.47 Å². The molecule has 0 atom stereocenters. The highest BCUT2D eigenvalue weighted by Gasteiger charge is 2.17. The lowest BCUT2D eigenvalue weighted by molar-refractivity contribution is -0.0541. The molecule has 17 heteroatoms. The number of hydrogen-bond acceptors (Lipinski definition) is 6. The summed E-state index contributed by atoms with van der Waals surface area (Å²) >= 11 is 1.80. The molecule has 0 unspecified atom stereocenters. The first kappa shape index (κ1) is 37.4. The molecule has 0 N–H and O–H groups in total. The predicted molar refractivity (Wildman–Crippen MR) is 171 cm³/mol. The minimum absolute atomic E-state index is 0.188. The maximum Gasteiger partial charge on any atom is 0.388 e. The monoisotopic (exact) mass is 778 g/mol. The molecule has 8 nitrogen and oxygen atoms in total. The van der Waals surface area contributed by atoms with Crippen LogP contribution in [0.1, 0.15) is 5.56 Å². The molecule has 0 saturated heterocycles. The third-order valence-corrected chi connectivity index (χ3v) is 7.10. The van der Waals surface area contributed by atoms with E-state index < -0.39 is 41.0 Å². The van der Waals surface area contributed by atoms with Crippen LogP contribution in [0.25, 0.3) is 11.6 Å². The number of aromatic nitrogens is 6. The summed E-state index contributed by atoms with van der Waals surface area (Å²) < 4.78 is 85.9. The lowest BCUT2D eigenvalue weighted by atomic mass is 10.4. The molecule has 4 rings (SSSR count). The third-order valence-electron chi connectivity index (χ3n) is 4.62. The molecule has 0 saturated carbocycles. The number of rotatable bonds is 6. The van der Waals surface area contributed by atoms with Crippen LogP contribution < -0.4 is 9.47 Å². The van der Waals surface area contributed by atoms with Crippen molar-refractivity contribution in [1.82, 2.24) is 29.5 Å². The van der Waals surface area contributed by atoms with Crippen LogP contribution in [0, 0.1) is 38.6 Å². The molecular weight excluding hydrogens is 749 g/mol. The van der Waals surface area contributed by atoms with Crippen molar-refractivity contribution in [3.8, 4) is 46.8 Å². The summed E-state index contributed by atoms with van der Waals surface area (Å²) in [6.07, 6.45) is 10.0. The number of nitrogens with zero attached hydrogens (tertiary/aromatic N) is 6. The van der Waals surface area contributed by atoms with Crippen molar-refractivity contribution in [3.05, 3.63) is 69.8 Å². The van der Waals surface area contributed by atoms with Gasteiger partial charge in [0.2, 0.25) is 0 Å². The highest BCUT2D eigenvalue weighted by atomic mass is 127. The average molecular weight is 779 g/mol. The van der Waals surface area contributed by atoms with E-state index in [0.717, 1.165) is 12.4 Å². The van der Waals surface area contributed by atoms with Crippen LogP contribution in [0.4, 0.5) is 26.3 Å². The maximum atomic E-state index is 12.9. The van der Waals surface area contributed by atoms with Gasteiger partial charge in [0.25, 0.3) is 11.8 Å². The van der Waals surface area contributed by atoms with Crippen LogP contribution in [0.3, 0.4) is 0 Å². The fourth-order valence-electron chi connectivity index (χ4n) is 2.61. The fraction of sp³-hybridized carbons (Fsp3) is 0.286. The molecule has 0 amide bonds. The topological polar surface area (TPSA) is 79.9 Å². The first-order valence-electron chi connectivity index (χ1n) is 12.9. The van der Waals surface area contributed by atoms with Crippen molar-refractivity contribution in [2.75, 3.05) is 0 Å². The first-order valence-corrected chi connectivity index (χ1v) is 20.9. The van der Waals surface area contributed by atoms with Gasteiger partial charge in [0.15, 0.2) is 11.6 Å². The summed E-state index contributed by atoms with van der Waals surface area (Å²) in [7, 11) is -2.79. The number of pyridine rings is 2. The second-order valence-electron chi connectivity index (χ2n) is 10.8. The van der Waals surface area contributed by atoms with E-state index in [4.69, 9.17) is 6.42 Å². The molecule has 0 aromatic carbocycles. The van der Waals surface area contributed by atoms with Gasteiger partial charge in [-0.05, 0) is 46.9 Å². The van der Waals surface area contributed by atoms with Gasteiger partial charge in [-0.1, -0.05) is 45.2 Å². The molecule has 4 heterocycles. The predicted octanol–water partition coefficient (Wildman–Crippen LogP) is 7.35. The van der Waals surface area contributed by atoms with Crippen molar-refractivity contribution in [2.24, 2.45) is 0 Å². The Balaban J connectivity index is 0.000000272. The van der Waals surface area contributed by atoms with E-state index in [0.29, 0.717) is 9.39 Å². The minimum atomic E-state index is -3.00. The van der Waals surface area contributed by atoms with Crippen molar-refractivity contribution in [2.45, 2.75) is 52.5 Å². The highest BCUT2D eigenvalue weighted by molar-refractivity contribution is 14.1. The van der Waals surface area contributed by atoms with Gasteiger partial charge in [-0.3, -0.25) is 0 Å². The van der Waals surface area contributed by atoms with E-state index in [1.54, 1.807) is 22.6 Å². The molecule has 0 bridgehead atoms. The lowest BCUT2D eigenvalue weighted by Crippen LogP contribution is -2.16. The van der Waals surface area contributed by atoms with Crippen LogP contribution in [0.2, 0.25) is 39.3 Å². The van der Waals surface area contributed by atoms with Crippen molar-refractivity contribution in [3.63, 3.8) is 0 Å². The van der Waals surface area contributed by atoms with Crippen LogP contribution >= 0.6 is 22.6 Å². The van der Waals surface area contributed by atoms with Gasteiger partial charge >= 0.3 is 13.2 Å². The summed E-state index contributed by atoms with van der Waals surface area (Å²) in [5.41, 5.74) is 6.04. The minimum Gasteiger partial charge on any atom is -0.414 e. The number of alkyl halides is 4. The SMILES string of the molecule is C#C[Si](C)(C)C.C[Si](C)(C)C#Cc1cn(-c2ccc(F)cn2)nc1OC(F)F.Fc1ccc(-n2cc(I)c(OC(F)F)n2)nc1. The zero-order valence-corrected chi connectivity index (χ0v) is 29.2. The molecule has 0 radical (unpaired) electrons. The van der Waals surface area contributed by atoms with Gasteiger partial charge in [0, 0.05) is 6.20 Å². The van der Waals surface area contributed by atoms with E-state index in [2.05, 4.69) is 66.3 Å². The molecule has 4 aromatic heterocycles. The Labute approximate surface area is 272 Å². The Kier molecular flexibility index (Phi) is 13.7. The summed E-state index contributed by atoms with van der Waals surface area (Å²) in [6.45, 7) is 6.58. The molecule has 4 aromatic rings. The Morgan fingerprint density at radius 2 is 1.20 bits per heavy atom. The van der Waals surface area contributed by atoms with Gasteiger partial charge in [-0.2, -0.15) is 17.6 Å². The third kappa shape index (κ3) is 13.8. The Hall–Kier alpha value is -3.82. The highest BCUT2D eigenvalue weighted by Crippen LogP contribution is 2.22. The van der Waals surface area contributed by atoms with E-state index >= 15 is 0 Å². The fourth-order valence-corrected chi connectivity index (χ4v) is 3.62.